The van der Waals surface area contributed by atoms with E-state index < -0.39 is 0 Å². The van der Waals surface area contributed by atoms with Crippen molar-refractivity contribution in [1.82, 2.24) is 4.90 Å². The second kappa shape index (κ2) is 4.47. The van der Waals surface area contributed by atoms with Crippen LogP contribution in [-0.4, -0.2) is 29.0 Å². The summed E-state index contributed by atoms with van der Waals surface area (Å²) in [5.41, 5.74) is 0.834. The molecule has 0 amide bonds. The molecule has 76 valence electrons. The summed E-state index contributed by atoms with van der Waals surface area (Å²) in [6, 6.07) is 0. The summed E-state index contributed by atoms with van der Waals surface area (Å²) in [6.07, 6.45) is 8.95. The topological polar surface area (TPSA) is 3.24 Å². The lowest BCUT2D eigenvalue weighted by molar-refractivity contribution is 0.0338. The van der Waals surface area contributed by atoms with Crippen molar-refractivity contribution in [2.75, 3.05) is 24.1 Å². The summed E-state index contributed by atoms with van der Waals surface area (Å²) >= 11 is 2.48. The predicted molar refractivity (Wildman–Crippen MR) is 65.5 cm³/mol. The van der Waals surface area contributed by atoms with Crippen molar-refractivity contribution in [2.45, 2.75) is 38.5 Å². The van der Waals surface area contributed by atoms with E-state index in [4.69, 9.17) is 0 Å². The molecule has 13 heavy (non-hydrogen) atoms. The van der Waals surface area contributed by atoms with Crippen molar-refractivity contribution >= 4 is 22.6 Å². The lowest BCUT2D eigenvalue weighted by atomic mass is 9.63. The van der Waals surface area contributed by atoms with Crippen LogP contribution in [0, 0.1) is 5.41 Å². The molecule has 0 aromatic rings. The van der Waals surface area contributed by atoms with Crippen LogP contribution in [0.25, 0.3) is 0 Å². The summed E-state index contributed by atoms with van der Waals surface area (Å²) in [5.74, 6) is 0. The van der Waals surface area contributed by atoms with E-state index in [1.54, 1.807) is 0 Å². The molecular formula is C11H20IN. The van der Waals surface area contributed by atoms with Crippen LogP contribution in [0.3, 0.4) is 0 Å². The first-order chi connectivity index (χ1) is 6.35. The van der Waals surface area contributed by atoms with Gasteiger partial charge in [-0.3, -0.25) is 0 Å². The first kappa shape index (κ1) is 10.2. The number of hydrogen-bond donors (Lipinski definition) is 0. The fraction of sp³-hybridized carbons (Fsp3) is 1.00. The molecule has 1 aliphatic carbocycles. The standard InChI is InChI=1S/C11H20IN/c12-7-2-8-13-9-5-11(6-10-13)3-1-4-11/h1-10H2. The average molecular weight is 293 g/mol. The number of hydrogen-bond acceptors (Lipinski definition) is 1. The number of nitrogens with zero attached hydrogens (tertiary/aromatic N) is 1. The summed E-state index contributed by atoms with van der Waals surface area (Å²) in [6.45, 7) is 4.12. The molecule has 1 nitrogen and oxygen atoms in total. The zero-order valence-electron chi connectivity index (χ0n) is 8.40. The molecule has 0 aromatic heterocycles. The van der Waals surface area contributed by atoms with Gasteiger partial charge in [0.25, 0.3) is 0 Å². The van der Waals surface area contributed by atoms with Crippen LogP contribution in [0.4, 0.5) is 0 Å². The van der Waals surface area contributed by atoms with E-state index in [1.165, 1.54) is 62.6 Å². The van der Waals surface area contributed by atoms with E-state index in [0.29, 0.717) is 0 Å². The zero-order valence-corrected chi connectivity index (χ0v) is 10.6. The van der Waals surface area contributed by atoms with E-state index in [1.807, 2.05) is 0 Å². The maximum absolute atomic E-state index is 2.67. The van der Waals surface area contributed by atoms with Crippen molar-refractivity contribution < 1.29 is 0 Å². The van der Waals surface area contributed by atoms with E-state index in [9.17, 15) is 0 Å². The van der Waals surface area contributed by atoms with E-state index >= 15 is 0 Å². The molecule has 1 saturated carbocycles. The van der Waals surface area contributed by atoms with Crippen molar-refractivity contribution in [3.8, 4) is 0 Å². The molecule has 2 fully saturated rings. The highest BCUT2D eigenvalue weighted by molar-refractivity contribution is 14.1. The molecular weight excluding hydrogens is 273 g/mol. The zero-order chi connectivity index (χ0) is 9.15. The molecule has 0 atom stereocenters. The van der Waals surface area contributed by atoms with E-state index in [2.05, 4.69) is 27.5 Å². The van der Waals surface area contributed by atoms with Gasteiger partial charge in [0.15, 0.2) is 0 Å². The number of halogens is 1. The van der Waals surface area contributed by atoms with Crippen molar-refractivity contribution in [1.29, 1.82) is 0 Å². The van der Waals surface area contributed by atoms with Gasteiger partial charge in [0.2, 0.25) is 0 Å². The highest BCUT2D eigenvalue weighted by Gasteiger charge is 2.39. The fourth-order valence-corrected chi connectivity index (χ4v) is 3.05. The SMILES string of the molecule is ICCCN1CCC2(CCC2)CC1. The highest BCUT2D eigenvalue weighted by Crippen LogP contribution is 2.48. The van der Waals surface area contributed by atoms with Gasteiger partial charge in [-0.05, 0) is 57.2 Å². The normalized spacial score (nSPS) is 27.5. The highest BCUT2D eigenvalue weighted by atomic mass is 127. The molecule has 0 bridgehead atoms. The monoisotopic (exact) mass is 293 g/mol. The smallest absolute Gasteiger partial charge is 0.000744 e. The van der Waals surface area contributed by atoms with Crippen LogP contribution in [0.1, 0.15) is 38.5 Å². The molecule has 1 spiro atoms. The van der Waals surface area contributed by atoms with Crippen LogP contribution >= 0.6 is 22.6 Å². The van der Waals surface area contributed by atoms with Crippen LogP contribution in [-0.2, 0) is 0 Å². The average Bonchev–Trinajstić information content (AvgIpc) is 2.13. The molecule has 0 aromatic carbocycles. The first-order valence-corrected chi connectivity index (χ1v) is 7.16. The van der Waals surface area contributed by atoms with Gasteiger partial charge < -0.3 is 4.90 Å². The summed E-state index contributed by atoms with van der Waals surface area (Å²) in [5, 5.41) is 0. The van der Waals surface area contributed by atoms with Crippen LogP contribution in [0.5, 0.6) is 0 Å². The second-order valence-corrected chi connectivity index (χ2v) is 5.82. The van der Waals surface area contributed by atoms with Crippen LogP contribution in [0.15, 0.2) is 0 Å². The second-order valence-electron chi connectivity index (χ2n) is 4.74. The van der Waals surface area contributed by atoms with Crippen molar-refractivity contribution in [2.24, 2.45) is 5.41 Å². The molecule has 2 heteroatoms. The lowest BCUT2D eigenvalue weighted by Crippen LogP contribution is -2.43. The van der Waals surface area contributed by atoms with Crippen molar-refractivity contribution in [3.05, 3.63) is 0 Å². The Morgan fingerprint density at radius 3 is 2.23 bits per heavy atom. The summed E-state index contributed by atoms with van der Waals surface area (Å²) in [7, 11) is 0. The maximum Gasteiger partial charge on any atom is 0.000744 e. The Morgan fingerprint density at radius 2 is 1.77 bits per heavy atom. The lowest BCUT2D eigenvalue weighted by Gasteiger charge is -2.48. The molecule has 1 aliphatic heterocycles. The third kappa shape index (κ3) is 2.38. The van der Waals surface area contributed by atoms with Gasteiger partial charge in [-0.2, -0.15) is 0 Å². The predicted octanol–water partition coefficient (Wildman–Crippen LogP) is 3.08. The van der Waals surface area contributed by atoms with Crippen molar-refractivity contribution in [3.63, 3.8) is 0 Å². The summed E-state index contributed by atoms with van der Waals surface area (Å²) < 4.78 is 1.32. The Labute approximate surface area is 95.4 Å². The molecule has 2 aliphatic rings. The maximum atomic E-state index is 2.67. The van der Waals surface area contributed by atoms with Gasteiger partial charge in [-0.15, -0.1) is 0 Å². The van der Waals surface area contributed by atoms with Gasteiger partial charge >= 0.3 is 0 Å². The molecule has 0 radical (unpaired) electrons. The number of rotatable bonds is 3. The molecule has 0 unspecified atom stereocenters. The fourth-order valence-electron chi connectivity index (χ4n) is 2.71. The third-order valence-electron chi connectivity index (χ3n) is 3.94. The molecule has 1 saturated heterocycles. The third-order valence-corrected chi connectivity index (χ3v) is 4.70. The molecule has 2 rings (SSSR count). The minimum atomic E-state index is 0.834. The van der Waals surface area contributed by atoms with E-state index in [0.717, 1.165) is 5.41 Å². The van der Waals surface area contributed by atoms with Gasteiger partial charge in [0.1, 0.15) is 0 Å². The Morgan fingerprint density at radius 1 is 1.08 bits per heavy atom. The Balaban J connectivity index is 1.70. The molecule has 1 heterocycles. The largest absolute Gasteiger partial charge is 0.303 e. The first-order valence-electron chi connectivity index (χ1n) is 5.63. The molecule has 0 N–H and O–H groups in total. The van der Waals surface area contributed by atoms with Gasteiger partial charge in [-0.25, -0.2) is 0 Å². The number of likely N-dealkylation sites (tertiary alicyclic amines) is 1. The Bertz CT molecular complexity index is 155. The summed E-state index contributed by atoms with van der Waals surface area (Å²) in [4.78, 5) is 2.67. The number of piperidine rings is 1. The van der Waals surface area contributed by atoms with Gasteiger partial charge in [0.05, 0.1) is 0 Å². The minimum Gasteiger partial charge on any atom is -0.303 e. The van der Waals surface area contributed by atoms with Crippen LogP contribution < -0.4 is 0 Å². The Hall–Kier alpha value is 0.690. The van der Waals surface area contributed by atoms with Gasteiger partial charge in [0, 0.05) is 4.43 Å². The number of alkyl halides is 1. The van der Waals surface area contributed by atoms with Gasteiger partial charge in [-0.1, -0.05) is 29.0 Å². The quantitative estimate of drug-likeness (QED) is 0.571. The van der Waals surface area contributed by atoms with E-state index in [-0.39, 0.29) is 0 Å². The minimum absolute atomic E-state index is 0.834. The van der Waals surface area contributed by atoms with Crippen LogP contribution in [0.2, 0.25) is 0 Å². The Kier molecular flexibility index (Phi) is 3.52.